The maximum atomic E-state index is 5.83. The van der Waals surface area contributed by atoms with E-state index < -0.39 is 0 Å². The van der Waals surface area contributed by atoms with Crippen molar-refractivity contribution in [3.8, 4) is 11.5 Å². The first-order valence-electron chi connectivity index (χ1n) is 6.29. The molecular formula is C14H17N5. The average molecular weight is 255 g/mol. The zero-order valence-electron chi connectivity index (χ0n) is 11.1. The van der Waals surface area contributed by atoms with E-state index in [-0.39, 0.29) is 5.41 Å². The number of nitrogens with two attached hydrogens (primary N) is 1. The van der Waals surface area contributed by atoms with Crippen molar-refractivity contribution in [1.29, 1.82) is 0 Å². The number of fused-ring (bicyclic) bond motifs is 1. The lowest BCUT2D eigenvalue weighted by Crippen LogP contribution is -2.27. The van der Waals surface area contributed by atoms with Crippen LogP contribution in [0.1, 0.15) is 19.4 Å². The molecule has 19 heavy (non-hydrogen) atoms. The van der Waals surface area contributed by atoms with Crippen LogP contribution in [0, 0.1) is 0 Å². The Morgan fingerprint density at radius 3 is 2.84 bits per heavy atom. The molecule has 0 fully saturated rings. The fourth-order valence-electron chi connectivity index (χ4n) is 2.06. The predicted octanol–water partition coefficient (Wildman–Crippen LogP) is 2.19. The fourth-order valence-corrected chi connectivity index (χ4v) is 2.06. The van der Waals surface area contributed by atoms with Gasteiger partial charge in [-0.2, -0.15) is 0 Å². The summed E-state index contributed by atoms with van der Waals surface area (Å²) in [4.78, 5) is 14.9. The number of imidazole rings is 2. The average Bonchev–Trinajstić information content (AvgIpc) is 3.06. The van der Waals surface area contributed by atoms with Crippen LogP contribution in [0.2, 0.25) is 0 Å². The highest BCUT2D eigenvalue weighted by atomic mass is 15.0. The monoisotopic (exact) mass is 255 g/mol. The Kier molecular flexibility index (Phi) is 2.64. The van der Waals surface area contributed by atoms with Crippen LogP contribution in [-0.2, 0) is 5.41 Å². The molecule has 0 spiro atoms. The van der Waals surface area contributed by atoms with Crippen molar-refractivity contribution < 1.29 is 0 Å². The van der Waals surface area contributed by atoms with Crippen molar-refractivity contribution in [2.45, 2.75) is 19.3 Å². The molecule has 1 aromatic carbocycles. The maximum absolute atomic E-state index is 5.83. The van der Waals surface area contributed by atoms with Crippen molar-refractivity contribution in [1.82, 2.24) is 19.9 Å². The summed E-state index contributed by atoms with van der Waals surface area (Å²) in [6, 6.07) is 6.24. The lowest BCUT2D eigenvalue weighted by molar-refractivity contribution is 0.539. The zero-order valence-corrected chi connectivity index (χ0v) is 11.1. The van der Waals surface area contributed by atoms with E-state index in [2.05, 4.69) is 45.9 Å². The number of nitrogens with one attached hydrogen (secondary N) is 2. The summed E-state index contributed by atoms with van der Waals surface area (Å²) >= 11 is 0. The Morgan fingerprint density at radius 2 is 2.16 bits per heavy atom. The van der Waals surface area contributed by atoms with Gasteiger partial charge in [-0.15, -0.1) is 0 Å². The lowest BCUT2D eigenvalue weighted by atomic mass is 9.85. The smallest absolute Gasteiger partial charge is 0.156 e. The molecule has 0 aliphatic carbocycles. The molecule has 2 aromatic heterocycles. The molecule has 0 saturated heterocycles. The van der Waals surface area contributed by atoms with E-state index in [4.69, 9.17) is 5.73 Å². The van der Waals surface area contributed by atoms with Gasteiger partial charge in [0.25, 0.3) is 0 Å². The SMILES string of the molecule is CC(C)(CN)c1ccc2nc(-c3cnc[nH]3)[nH]c2c1. The van der Waals surface area contributed by atoms with Gasteiger partial charge in [-0.3, -0.25) is 0 Å². The first-order valence-corrected chi connectivity index (χ1v) is 6.29. The van der Waals surface area contributed by atoms with E-state index in [1.165, 1.54) is 5.56 Å². The third-order valence-electron chi connectivity index (χ3n) is 3.53. The summed E-state index contributed by atoms with van der Waals surface area (Å²) in [5, 5.41) is 0. The van der Waals surface area contributed by atoms with Crippen molar-refractivity contribution in [3.05, 3.63) is 36.3 Å². The van der Waals surface area contributed by atoms with Gasteiger partial charge >= 0.3 is 0 Å². The highest BCUT2D eigenvalue weighted by Crippen LogP contribution is 2.26. The van der Waals surface area contributed by atoms with Crippen molar-refractivity contribution in [2.24, 2.45) is 5.73 Å². The second-order valence-electron chi connectivity index (χ2n) is 5.37. The lowest BCUT2D eigenvalue weighted by Gasteiger charge is -2.22. The van der Waals surface area contributed by atoms with Gasteiger partial charge in [0, 0.05) is 12.0 Å². The second-order valence-corrected chi connectivity index (χ2v) is 5.37. The number of benzene rings is 1. The molecule has 0 radical (unpaired) electrons. The van der Waals surface area contributed by atoms with Crippen LogP contribution in [0.25, 0.3) is 22.6 Å². The minimum Gasteiger partial charge on any atom is -0.342 e. The molecule has 98 valence electrons. The second kappa shape index (κ2) is 4.20. The van der Waals surface area contributed by atoms with Gasteiger partial charge in [0.15, 0.2) is 5.82 Å². The molecule has 2 heterocycles. The van der Waals surface area contributed by atoms with Gasteiger partial charge < -0.3 is 15.7 Å². The Labute approximate surface area is 111 Å². The van der Waals surface area contributed by atoms with E-state index in [9.17, 15) is 0 Å². The van der Waals surface area contributed by atoms with E-state index in [0.29, 0.717) is 6.54 Å². The summed E-state index contributed by atoms with van der Waals surface area (Å²) in [5.74, 6) is 0.801. The molecule has 3 aromatic rings. The van der Waals surface area contributed by atoms with Crippen molar-refractivity contribution in [2.75, 3.05) is 6.54 Å². The van der Waals surface area contributed by atoms with Crippen LogP contribution in [0.3, 0.4) is 0 Å². The third-order valence-corrected chi connectivity index (χ3v) is 3.53. The van der Waals surface area contributed by atoms with Gasteiger partial charge in [-0.05, 0) is 17.7 Å². The molecule has 0 bridgehead atoms. The molecular weight excluding hydrogens is 238 g/mol. The summed E-state index contributed by atoms with van der Waals surface area (Å²) in [6.07, 6.45) is 3.40. The number of hydrogen-bond donors (Lipinski definition) is 3. The summed E-state index contributed by atoms with van der Waals surface area (Å²) < 4.78 is 0. The number of hydrogen-bond acceptors (Lipinski definition) is 3. The highest BCUT2D eigenvalue weighted by Gasteiger charge is 2.19. The number of H-pyrrole nitrogens is 2. The van der Waals surface area contributed by atoms with Crippen LogP contribution < -0.4 is 5.73 Å². The number of aromatic amines is 2. The van der Waals surface area contributed by atoms with Crippen molar-refractivity contribution in [3.63, 3.8) is 0 Å². The number of aromatic nitrogens is 4. The van der Waals surface area contributed by atoms with Crippen LogP contribution in [0.4, 0.5) is 0 Å². The molecule has 0 aliphatic heterocycles. The summed E-state index contributed by atoms with van der Waals surface area (Å²) in [5.41, 5.74) is 9.85. The molecule has 5 heteroatoms. The van der Waals surface area contributed by atoms with Gasteiger partial charge in [-0.1, -0.05) is 19.9 Å². The molecule has 0 unspecified atom stereocenters. The molecule has 5 nitrogen and oxygen atoms in total. The Bertz CT molecular complexity index is 694. The minimum absolute atomic E-state index is 0.0343. The van der Waals surface area contributed by atoms with Gasteiger partial charge in [0.05, 0.1) is 23.6 Å². The quantitative estimate of drug-likeness (QED) is 0.670. The Morgan fingerprint density at radius 1 is 1.32 bits per heavy atom. The summed E-state index contributed by atoms with van der Waals surface area (Å²) in [7, 11) is 0. The van der Waals surface area contributed by atoms with Crippen LogP contribution in [-0.4, -0.2) is 26.5 Å². The maximum Gasteiger partial charge on any atom is 0.156 e. The third kappa shape index (κ3) is 2.02. The fraction of sp³-hybridized carbons (Fsp3) is 0.286. The van der Waals surface area contributed by atoms with Gasteiger partial charge in [-0.25, -0.2) is 9.97 Å². The largest absolute Gasteiger partial charge is 0.342 e. The van der Waals surface area contributed by atoms with Gasteiger partial charge in [0.2, 0.25) is 0 Å². The molecule has 0 amide bonds. The predicted molar refractivity (Wildman–Crippen MR) is 75.8 cm³/mol. The van der Waals surface area contributed by atoms with Gasteiger partial charge in [0.1, 0.15) is 5.69 Å². The number of nitrogens with zero attached hydrogens (tertiary/aromatic N) is 2. The van der Waals surface area contributed by atoms with E-state index in [1.807, 2.05) is 6.07 Å². The first-order chi connectivity index (χ1) is 9.10. The summed E-state index contributed by atoms with van der Waals surface area (Å²) in [6.45, 7) is 4.89. The van der Waals surface area contributed by atoms with E-state index in [1.54, 1.807) is 12.5 Å². The molecule has 0 saturated carbocycles. The van der Waals surface area contributed by atoms with Crippen LogP contribution in [0.5, 0.6) is 0 Å². The topological polar surface area (TPSA) is 83.4 Å². The molecule has 0 atom stereocenters. The van der Waals surface area contributed by atoms with Crippen LogP contribution in [0.15, 0.2) is 30.7 Å². The minimum atomic E-state index is -0.0343. The van der Waals surface area contributed by atoms with E-state index >= 15 is 0 Å². The highest BCUT2D eigenvalue weighted by molar-refractivity contribution is 5.79. The van der Waals surface area contributed by atoms with E-state index in [0.717, 1.165) is 22.6 Å². The number of rotatable bonds is 3. The normalized spacial score (nSPS) is 12.2. The Balaban J connectivity index is 2.09. The van der Waals surface area contributed by atoms with Crippen LogP contribution >= 0.6 is 0 Å². The standard InChI is InChI=1S/C14H17N5/c1-14(2,7-15)9-3-4-10-11(5-9)19-13(18-10)12-6-16-8-17-12/h3-6,8H,7,15H2,1-2H3,(H,16,17)(H,18,19). The molecule has 0 aliphatic rings. The first kappa shape index (κ1) is 11.9. The molecule has 3 rings (SSSR count). The zero-order chi connectivity index (χ0) is 13.5. The van der Waals surface area contributed by atoms with Crippen molar-refractivity contribution >= 4 is 11.0 Å². The molecule has 4 N–H and O–H groups in total. The Hall–Kier alpha value is -2.14.